The first-order valence-corrected chi connectivity index (χ1v) is 11.1. The molecule has 0 unspecified atom stereocenters. The second kappa shape index (κ2) is 8.73. The average molecular weight is 446 g/mol. The highest BCUT2D eigenvalue weighted by Gasteiger charge is 2.24. The Morgan fingerprint density at radius 1 is 1.06 bits per heavy atom. The zero-order valence-electron chi connectivity index (χ0n) is 18.4. The van der Waals surface area contributed by atoms with Crippen LogP contribution in [0.2, 0.25) is 0 Å². The molecule has 33 heavy (non-hydrogen) atoms. The second-order valence-electron chi connectivity index (χ2n) is 8.67. The van der Waals surface area contributed by atoms with Crippen LogP contribution in [0.4, 0.5) is 28.6 Å². The van der Waals surface area contributed by atoms with E-state index in [0.29, 0.717) is 28.4 Å². The predicted molar refractivity (Wildman–Crippen MR) is 129 cm³/mol. The smallest absolute Gasteiger partial charge is 0.261 e. The number of aromatic nitrogens is 1. The van der Waals surface area contributed by atoms with Crippen molar-refractivity contribution in [3.8, 4) is 5.75 Å². The lowest BCUT2D eigenvalue weighted by Crippen LogP contribution is -2.35. The summed E-state index contributed by atoms with van der Waals surface area (Å²) in [5.74, 6) is 0.351. The molecule has 2 aromatic carbocycles. The van der Waals surface area contributed by atoms with E-state index in [4.69, 9.17) is 0 Å². The van der Waals surface area contributed by atoms with E-state index in [2.05, 4.69) is 25.8 Å². The van der Waals surface area contributed by atoms with Crippen LogP contribution < -0.4 is 16.0 Å². The van der Waals surface area contributed by atoms with E-state index in [1.54, 1.807) is 24.4 Å². The van der Waals surface area contributed by atoms with Crippen LogP contribution in [0.15, 0.2) is 48.7 Å². The van der Waals surface area contributed by atoms with Crippen molar-refractivity contribution in [2.75, 3.05) is 29.0 Å². The molecule has 0 spiro atoms. The summed E-state index contributed by atoms with van der Waals surface area (Å²) in [7, 11) is 0. The lowest BCUT2D eigenvalue weighted by atomic mass is 10.1. The Labute approximate surface area is 192 Å². The number of aryl methyl sites for hydroxylation is 1. The van der Waals surface area contributed by atoms with Gasteiger partial charge in [0.2, 0.25) is 0 Å². The van der Waals surface area contributed by atoms with Gasteiger partial charge in [-0.05, 0) is 55.2 Å². The molecular weight excluding hydrogens is 418 g/mol. The summed E-state index contributed by atoms with van der Waals surface area (Å²) in [6.07, 6.45) is 3.02. The highest BCUT2D eigenvalue weighted by molar-refractivity contribution is 6.15. The van der Waals surface area contributed by atoms with E-state index < -0.39 is 0 Å². The van der Waals surface area contributed by atoms with E-state index in [1.807, 2.05) is 31.2 Å². The lowest BCUT2D eigenvalue weighted by molar-refractivity contribution is 0.0792. The summed E-state index contributed by atoms with van der Waals surface area (Å²) >= 11 is 0. The number of carbonyl (C=O) groups excluding carboxylic acids is 1. The van der Waals surface area contributed by atoms with Gasteiger partial charge in [-0.1, -0.05) is 12.1 Å². The maximum absolute atomic E-state index is 13.2. The average Bonchev–Trinajstić information content (AvgIpc) is 2.93. The molecule has 8 heteroatoms. The number of aliphatic hydroxyl groups is 1. The number of phenolic OH excluding ortho intramolecular Hbond substituents is 1. The number of hydrogen-bond acceptors (Lipinski definition) is 7. The van der Waals surface area contributed by atoms with Crippen molar-refractivity contribution in [2.24, 2.45) is 0 Å². The van der Waals surface area contributed by atoms with Gasteiger partial charge in [-0.2, -0.15) is 0 Å². The van der Waals surface area contributed by atoms with Crippen molar-refractivity contribution in [3.05, 3.63) is 65.4 Å². The Balaban J connectivity index is 1.41. The molecule has 5 N–H and O–H groups in total. The molecule has 170 valence electrons. The number of carbonyl (C=O) groups is 1. The fourth-order valence-electron chi connectivity index (χ4n) is 4.33. The Hall–Kier alpha value is -3.62. The minimum Gasteiger partial charge on any atom is -0.508 e. The summed E-state index contributed by atoms with van der Waals surface area (Å²) in [6, 6.07) is 12.8. The number of hydrogen-bond donors (Lipinski definition) is 5. The number of aromatic hydroxyl groups is 1. The molecule has 8 nitrogen and oxygen atoms in total. The van der Waals surface area contributed by atoms with Gasteiger partial charge in [-0.3, -0.25) is 9.69 Å². The maximum Gasteiger partial charge on any atom is 0.261 e. The SMILES string of the molecule is Cc1ccc(O)cc1Nc1ccnc2c1C(=O)Nc1cc(CN3CCC(O)CC3)ccc1N2. The van der Waals surface area contributed by atoms with Crippen LogP contribution in [-0.4, -0.2) is 45.2 Å². The molecule has 1 saturated heterocycles. The topological polar surface area (TPSA) is 110 Å². The van der Waals surface area contributed by atoms with E-state index in [1.165, 1.54) is 0 Å². The van der Waals surface area contributed by atoms with Crippen LogP contribution in [0.25, 0.3) is 0 Å². The van der Waals surface area contributed by atoms with Crippen LogP contribution in [0.5, 0.6) is 5.75 Å². The van der Waals surface area contributed by atoms with Gasteiger partial charge < -0.3 is 26.2 Å². The van der Waals surface area contributed by atoms with Crippen molar-refractivity contribution >= 4 is 34.5 Å². The first-order chi connectivity index (χ1) is 16.0. The molecule has 3 heterocycles. The Morgan fingerprint density at radius 2 is 1.88 bits per heavy atom. The number of nitrogens with one attached hydrogen (secondary N) is 3. The minimum absolute atomic E-state index is 0.147. The van der Waals surface area contributed by atoms with E-state index in [-0.39, 0.29) is 17.8 Å². The monoisotopic (exact) mass is 445 g/mol. The number of phenols is 1. The zero-order chi connectivity index (χ0) is 22.9. The molecule has 0 saturated carbocycles. The fourth-order valence-corrected chi connectivity index (χ4v) is 4.33. The third-order valence-electron chi connectivity index (χ3n) is 6.22. The van der Waals surface area contributed by atoms with Gasteiger partial charge in [0.25, 0.3) is 5.91 Å². The van der Waals surface area contributed by atoms with Crippen molar-refractivity contribution in [1.82, 2.24) is 9.88 Å². The first-order valence-electron chi connectivity index (χ1n) is 11.1. The molecule has 2 aliphatic heterocycles. The zero-order valence-corrected chi connectivity index (χ0v) is 18.4. The third-order valence-corrected chi connectivity index (χ3v) is 6.22. The number of anilines is 5. The molecule has 2 aliphatic rings. The molecule has 0 bridgehead atoms. The lowest BCUT2D eigenvalue weighted by Gasteiger charge is -2.29. The largest absolute Gasteiger partial charge is 0.508 e. The number of nitrogens with zero attached hydrogens (tertiary/aromatic N) is 2. The molecule has 0 atom stereocenters. The number of piperidine rings is 1. The van der Waals surface area contributed by atoms with Gasteiger partial charge in [0.05, 0.1) is 23.2 Å². The van der Waals surface area contributed by atoms with Crippen LogP contribution in [-0.2, 0) is 6.54 Å². The van der Waals surface area contributed by atoms with Crippen molar-refractivity contribution in [1.29, 1.82) is 0 Å². The summed E-state index contributed by atoms with van der Waals surface area (Å²) in [5, 5.41) is 29.2. The highest BCUT2D eigenvalue weighted by atomic mass is 16.3. The normalized spacial score (nSPS) is 16.2. The first kappa shape index (κ1) is 21.2. The molecule has 3 aromatic rings. The number of fused-ring (bicyclic) bond motifs is 2. The van der Waals surface area contributed by atoms with Crippen molar-refractivity contribution < 1.29 is 15.0 Å². The number of benzene rings is 2. The van der Waals surface area contributed by atoms with Gasteiger partial charge >= 0.3 is 0 Å². The molecule has 1 fully saturated rings. The standard InChI is InChI=1S/C25H27N5O3/c1-15-2-4-18(32)13-21(15)27-20-6-9-26-24-23(20)25(33)29-22-12-16(3-5-19(22)28-24)14-30-10-7-17(31)8-11-30/h2-6,9,12-13,17,31-32H,7-8,10-11,14H2,1H3,(H,29,33)(H2,26,27,28). The van der Waals surface area contributed by atoms with E-state index in [9.17, 15) is 15.0 Å². The van der Waals surface area contributed by atoms with Gasteiger partial charge in [0.15, 0.2) is 0 Å². The Morgan fingerprint density at radius 3 is 2.70 bits per heavy atom. The maximum atomic E-state index is 13.2. The van der Waals surface area contributed by atoms with Crippen LogP contribution in [0.3, 0.4) is 0 Å². The fraction of sp³-hybridized carbons (Fsp3) is 0.280. The predicted octanol–water partition coefficient (Wildman–Crippen LogP) is 4.11. The Bertz CT molecular complexity index is 1200. The number of likely N-dealkylation sites (tertiary alicyclic amines) is 1. The number of amides is 1. The summed E-state index contributed by atoms with van der Waals surface area (Å²) in [6.45, 7) is 4.43. The molecule has 0 aliphatic carbocycles. The van der Waals surface area contributed by atoms with Gasteiger partial charge in [0, 0.05) is 37.6 Å². The minimum atomic E-state index is -0.261. The van der Waals surface area contributed by atoms with Gasteiger partial charge in [-0.15, -0.1) is 0 Å². The quantitative estimate of drug-likeness (QED) is 0.411. The van der Waals surface area contributed by atoms with Crippen molar-refractivity contribution in [2.45, 2.75) is 32.4 Å². The molecule has 5 rings (SSSR count). The Kier molecular flexibility index (Phi) is 5.62. The highest BCUT2D eigenvalue weighted by Crippen LogP contribution is 2.36. The third kappa shape index (κ3) is 4.48. The van der Waals surface area contributed by atoms with Gasteiger partial charge in [-0.25, -0.2) is 4.98 Å². The second-order valence-corrected chi connectivity index (χ2v) is 8.67. The summed E-state index contributed by atoms with van der Waals surface area (Å²) in [5.41, 5.74) is 5.23. The van der Waals surface area contributed by atoms with Crippen LogP contribution in [0, 0.1) is 6.92 Å². The molecule has 0 radical (unpaired) electrons. The summed E-state index contributed by atoms with van der Waals surface area (Å²) < 4.78 is 0. The van der Waals surface area contributed by atoms with E-state index >= 15 is 0 Å². The van der Waals surface area contributed by atoms with Crippen molar-refractivity contribution in [3.63, 3.8) is 0 Å². The van der Waals surface area contributed by atoms with Crippen LogP contribution in [0.1, 0.15) is 34.3 Å². The molecule has 1 amide bonds. The van der Waals surface area contributed by atoms with E-state index in [0.717, 1.165) is 49.3 Å². The number of aliphatic hydroxyl groups excluding tert-OH is 1. The molecular formula is C25H27N5O3. The molecule has 1 aromatic heterocycles. The number of pyridine rings is 1. The number of rotatable bonds is 4. The van der Waals surface area contributed by atoms with Gasteiger partial charge in [0.1, 0.15) is 17.1 Å². The van der Waals surface area contributed by atoms with Crippen LogP contribution >= 0.6 is 0 Å². The summed E-state index contributed by atoms with van der Waals surface area (Å²) in [4.78, 5) is 20.0.